The summed E-state index contributed by atoms with van der Waals surface area (Å²) in [4.78, 5) is 15.9. The Morgan fingerprint density at radius 1 is 1.26 bits per heavy atom. The number of hydrogen-bond donors (Lipinski definition) is 2. The van der Waals surface area contributed by atoms with Gasteiger partial charge in [0.05, 0.1) is 17.3 Å². The average molecular weight is 378 g/mol. The molecule has 3 aromatic rings. The highest BCUT2D eigenvalue weighted by Gasteiger charge is 2.33. The molecule has 0 fully saturated rings. The van der Waals surface area contributed by atoms with E-state index < -0.39 is 17.8 Å². The average Bonchev–Trinajstić information content (AvgIpc) is 2.94. The summed E-state index contributed by atoms with van der Waals surface area (Å²) in [6.45, 7) is 5.46. The van der Waals surface area contributed by atoms with Crippen LogP contribution in [0, 0.1) is 6.92 Å². The minimum atomic E-state index is -4.63. The minimum absolute atomic E-state index is 0.176. The van der Waals surface area contributed by atoms with Gasteiger partial charge >= 0.3 is 6.18 Å². The number of nitrogens with zero attached hydrogens (tertiary/aromatic N) is 2. The smallest absolute Gasteiger partial charge is 0.433 e. The molecule has 2 heterocycles. The second-order valence-electron chi connectivity index (χ2n) is 6.24. The Hall–Kier alpha value is -3.10. The summed E-state index contributed by atoms with van der Waals surface area (Å²) in [6.07, 6.45) is -4.81. The van der Waals surface area contributed by atoms with Crippen molar-refractivity contribution in [3.63, 3.8) is 0 Å². The Morgan fingerprint density at radius 3 is 2.67 bits per heavy atom. The first-order valence-corrected chi connectivity index (χ1v) is 8.16. The van der Waals surface area contributed by atoms with Gasteiger partial charge < -0.3 is 10.1 Å². The minimum Gasteiger partial charge on any atom is -0.489 e. The van der Waals surface area contributed by atoms with Crippen molar-refractivity contribution in [2.45, 2.75) is 33.1 Å². The Kier molecular flexibility index (Phi) is 4.77. The number of benzene rings is 1. The van der Waals surface area contributed by atoms with Gasteiger partial charge in [0.2, 0.25) is 0 Å². The van der Waals surface area contributed by atoms with Crippen molar-refractivity contribution in [3.05, 3.63) is 47.4 Å². The molecule has 2 N–H and O–H groups in total. The second-order valence-corrected chi connectivity index (χ2v) is 6.24. The van der Waals surface area contributed by atoms with Crippen LogP contribution in [0.2, 0.25) is 0 Å². The number of H-pyrrole nitrogens is 1. The molecule has 27 heavy (non-hydrogen) atoms. The molecular weight excluding hydrogens is 361 g/mol. The van der Waals surface area contributed by atoms with Gasteiger partial charge in [-0.25, -0.2) is 4.98 Å². The molecule has 2 aromatic heterocycles. The van der Waals surface area contributed by atoms with Gasteiger partial charge in [-0.3, -0.25) is 9.89 Å². The maximum Gasteiger partial charge on any atom is 0.433 e. The summed E-state index contributed by atoms with van der Waals surface area (Å²) in [5.41, 5.74) is 0.288. The molecule has 0 bridgehead atoms. The van der Waals surface area contributed by atoms with E-state index in [0.717, 1.165) is 23.2 Å². The predicted molar refractivity (Wildman–Crippen MR) is 93.8 cm³/mol. The van der Waals surface area contributed by atoms with Crippen molar-refractivity contribution in [1.29, 1.82) is 0 Å². The number of aromatic nitrogens is 3. The van der Waals surface area contributed by atoms with E-state index in [1.807, 2.05) is 20.8 Å². The highest BCUT2D eigenvalue weighted by molar-refractivity contribution is 6.05. The number of ether oxygens (including phenoxy) is 1. The molecule has 0 spiro atoms. The van der Waals surface area contributed by atoms with Gasteiger partial charge in [-0.15, -0.1) is 0 Å². The summed E-state index contributed by atoms with van der Waals surface area (Å²) in [7, 11) is 0. The zero-order chi connectivity index (χ0) is 19.8. The third-order valence-corrected chi connectivity index (χ3v) is 3.73. The van der Waals surface area contributed by atoms with Crippen molar-refractivity contribution >= 4 is 22.5 Å². The number of aromatic amines is 1. The largest absolute Gasteiger partial charge is 0.489 e. The van der Waals surface area contributed by atoms with Gasteiger partial charge in [0.1, 0.15) is 17.1 Å². The van der Waals surface area contributed by atoms with Gasteiger partial charge in [0.25, 0.3) is 5.91 Å². The molecule has 6 nitrogen and oxygen atoms in total. The third-order valence-electron chi connectivity index (χ3n) is 3.73. The standard InChI is InChI=1S/C18H17F3N4O2/c1-9(2)27-15-8-13-11(10(3)24-25-13)7-14(15)23-17(26)12-5-4-6-16(22-12)18(19,20)21/h4-9H,1-3H3,(H,23,26)(H,24,25). The lowest BCUT2D eigenvalue weighted by atomic mass is 10.1. The lowest BCUT2D eigenvalue weighted by molar-refractivity contribution is -0.141. The molecule has 9 heteroatoms. The number of anilines is 1. The number of pyridine rings is 1. The van der Waals surface area contributed by atoms with Gasteiger partial charge in [0, 0.05) is 17.1 Å². The molecule has 0 saturated carbocycles. The van der Waals surface area contributed by atoms with Crippen LogP contribution in [0.3, 0.4) is 0 Å². The second kappa shape index (κ2) is 6.90. The Balaban J connectivity index is 1.97. The lowest BCUT2D eigenvalue weighted by Gasteiger charge is -2.15. The van der Waals surface area contributed by atoms with Crippen LogP contribution in [0.15, 0.2) is 30.3 Å². The number of carbonyl (C=O) groups is 1. The van der Waals surface area contributed by atoms with Crippen LogP contribution in [0.25, 0.3) is 10.9 Å². The van der Waals surface area contributed by atoms with E-state index in [9.17, 15) is 18.0 Å². The van der Waals surface area contributed by atoms with Gasteiger partial charge in [-0.2, -0.15) is 18.3 Å². The quantitative estimate of drug-likeness (QED) is 0.708. The number of amides is 1. The number of aryl methyl sites for hydroxylation is 1. The molecule has 1 amide bonds. The molecule has 0 aliphatic carbocycles. The fourth-order valence-electron chi connectivity index (χ4n) is 2.52. The number of rotatable bonds is 4. The fraction of sp³-hybridized carbons (Fsp3) is 0.278. The van der Waals surface area contributed by atoms with E-state index in [0.29, 0.717) is 17.0 Å². The SMILES string of the molecule is Cc1[nH]nc2cc(OC(C)C)c(NC(=O)c3cccc(C(F)(F)F)n3)cc12. The normalized spacial score (nSPS) is 11.8. The Labute approximate surface area is 152 Å². The van der Waals surface area contributed by atoms with Crippen LogP contribution in [-0.4, -0.2) is 27.2 Å². The number of hydrogen-bond acceptors (Lipinski definition) is 4. The summed E-state index contributed by atoms with van der Waals surface area (Å²) in [6, 6.07) is 6.49. The van der Waals surface area contributed by atoms with Crippen LogP contribution < -0.4 is 10.1 Å². The van der Waals surface area contributed by atoms with E-state index in [2.05, 4.69) is 20.5 Å². The lowest BCUT2D eigenvalue weighted by Crippen LogP contribution is -2.18. The molecular formula is C18H17F3N4O2. The number of alkyl halides is 3. The maximum absolute atomic E-state index is 12.8. The van der Waals surface area contributed by atoms with E-state index in [-0.39, 0.29) is 11.8 Å². The Bertz CT molecular complexity index is 996. The maximum atomic E-state index is 12.8. The molecule has 142 valence electrons. The number of halogens is 3. The van der Waals surface area contributed by atoms with Gasteiger partial charge in [-0.05, 0) is 39.0 Å². The first-order valence-electron chi connectivity index (χ1n) is 8.16. The van der Waals surface area contributed by atoms with Crippen molar-refractivity contribution in [2.75, 3.05) is 5.32 Å². The van der Waals surface area contributed by atoms with Gasteiger partial charge in [-0.1, -0.05) is 6.07 Å². The zero-order valence-corrected chi connectivity index (χ0v) is 14.8. The van der Waals surface area contributed by atoms with Crippen LogP contribution in [0.5, 0.6) is 5.75 Å². The highest BCUT2D eigenvalue weighted by Crippen LogP contribution is 2.32. The van der Waals surface area contributed by atoms with E-state index in [4.69, 9.17) is 4.74 Å². The summed E-state index contributed by atoms with van der Waals surface area (Å²) in [5, 5.41) is 10.3. The van der Waals surface area contributed by atoms with Crippen LogP contribution in [0.4, 0.5) is 18.9 Å². The van der Waals surface area contributed by atoms with Gasteiger partial charge in [0.15, 0.2) is 0 Å². The first kappa shape index (κ1) is 18.7. The van der Waals surface area contributed by atoms with Crippen LogP contribution in [-0.2, 0) is 6.18 Å². The third kappa shape index (κ3) is 4.02. The topological polar surface area (TPSA) is 79.9 Å². The van der Waals surface area contributed by atoms with E-state index >= 15 is 0 Å². The zero-order valence-electron chi connectivity index (χ0n) is 14.8. The number of nitrogens with one attached hydrogen (secondary N) is 2. The van der Waals surface area contributed by atoms with Crippen LogP contribution in [0.1, 0.15) is 35.7 Å². The van der Waals surface area contributed by atoms with Crippen molar-refractivity contribution in [1.82, 2.24) is 15.2 Å². The monoisotopic (exact) mass is 378 g/mol. The van der Waals surface area contributed by atoms with E-state index in [1.165, 1.54) is 6.07 Å². The highest BCUT2D eigenvalue weighted by atomic mass is 19.4. The summed E-state index contributed by atoms with van der Waals surface area (Å²) in [5.74, 6) is -0.403. The number of carbonyl (C=O) groups excluding carboxylic acids is 1. The van der Waals surface area contributed by atoms with Crippen molar-refractivity contribution in [3.8, 4) is 5.75 Å². The first-order chi connectivity index (χ1) is 12.6. The fourth-order valence-corrected chi connectivity index (χ4v) is 2.52. The molecule has 0 atom stereocenters. The molecule has 1 aromatic carbocycles. The summed E-state index contributed by atoms with van der Waals surface area (Å²) >= 11 is 0. The molecule has 0 radical (unpaired) electrons. The molecule has 3 rings (SSSR count). The molecule has 0 aliphatic heterocycles. The molecule has 0 saturated heterocycles. The van der Waals surface area contributed by atoms with Crippen LogP contribution >= 0.6 is 0 Å². The number of fused-ring (bicyclic) bond motifs is 1. The summed E-state index contributed by atoms with van der Waals surface area (Å²) < 4.78 is 44.2. The Morgan fingerprint density at radius 2 is 2.00 bits per heavy atom. The van der Waals surface area contributed by atoms with E-state index in [1.54, 1.807) is 12.1 Å². The van der Waals surface area contributed by atoms with Crippen molar-refractivity contribution < 1.29 is 22.7 Å². The molecule has 0 aliphatic rings. The predicted octanol–water partition coefficient (Wildman–Crippen LogP) is 4.32. The molecule has 0 unspecified atom stereocenters. The van der Waals surface area contributed by atoms with Crippen molar-refractivity contribution in [2.24, 2.45) is 0 Å².